The Morgan fingerprint density at radius 1 is 0.879 bits per heavy atom. The molecular weight excluding hydrogens is 413 g/mol. The summed E-state index contributed by atoms with van der Waals surface area (Å²) in [4.78, 5) is 17.4. The zero-order chi connectivity index (χ0) is 22.8. The van der Waals surface area contributed by atoms with Crippen LogP contribution in [0.25, 0.3) is 10.9 Å². The lowest BCUT2D eigenvalue weighted by atomic mass is 9.87. The first-order valence-electron chi connectivity index (χ1n) is 11.5. The molecule has 5 rings (SSSR count). The lowest BCUT2D eigenvalue weighted by Crippen LogP contribution is -2.49. The number of carbonyl (C=O) groups excluding carboxylic acids is 1. The normalized spacial score (nSPS) is 15.1. The Bertz CT molecular complexity index is 1260. The van der Waals surface area contributed by atoms with Crippen molar-refractivity contribution in [3.05, 3.63) is 102 Å². The van der Waals surface area contributed by atoms with Crippen LogP contribution in [0.1, 0.15) is 23.5 Å². The van der Waals surface area contributed by atoms with Crippen LogP contribution in [0.3, 0.4) is 0 Å². The summed E-state index contributed by atoms with van der Waals surface area (Å²) in [6.45, 7) is 2.47. The zero-order valence-corrected chi connectivity index (χ0v) is 18.8. The molecule has 33 heavy (non-hydrogen) atoms. The summed E-state index contributed by atoms with van der Waals surface area (Å²) in [5, 5.41) is 1.19. The van der Waals surface area contributed by atoms with Crippen LogP contribution < -0.4 is 4.90 Å². The van der Waals surface area contributed by atoms with Crippen molar-refractivity contribution in [2.24, 2.45) is 7.05 Å². The number of amides is 1. The Morgan fingerprint density at radius 2 is 1.55 bits per heavy atom. The molecule has 0 spiro atoms. The minimum Gasteiger partial charge on any atom is -0.366 e. The van der Waals surface area contributed by atoms with Gasteiger partial charge in [0.05, 0.1) is 5.69 Å². The first-order chi connectivity index (χ1) is 16.1. The van der Waals surface area contributed by atoms with Crippen LogP contribution in [0.2, 0.25) is 0 Å². The number of carbonyl (C=O) groups is 1. The monoisotopic (exact) mass is 441 g/mol. The number of benzene rings is 3. The lowest BCUT2D eigenvalue weighted by molar-refractivity contribution is -0.131. The summed E-state index contributed by atoms with van der Waals surface area (Å²) in [5.41, 5.74) is 4.10. The highest BCUT2D eigenvalue weighted by Gasteiger charge is 2.27. The van der Waals surface area contributed by atoms with Gasteiger partial charge in [-0.2, -0.15) is 0 Å². The Balaban J connectivity index is 1.37. The van der Waals surface area contributed by atoms with E-state index in [2.05, 4.69) is 48.1 Å². The summed E-state index contributed by atoms with van der Waals surface area (Å²) >= 11 is 0. The van der Waals surface area contributed by atoms with Crippen molar-refractivity contribution in [3.63, 3.8) is 0 Å². The van der Waals surface area contributed by atoms with E-state index >= 15 is 0 Å². The fraction of sp³-hybridized carbons (Fsp3) is 0.250. The average Bonchev–Trinajstić information content (AvgIpc) is 3.20. The number of hydrogen-bond acceptors (Lipinski definition) is 2. The molecule has 1 aromatic heterocycles. The maximum absolute atomic E-state index is 14.2. The number of nitrogens with zero attached hydrogens (tertiary/aromatic N) is 3. The molecule has 1 amide bonds. The average molecular weight is 442 g/mol. The molecule has 1 aliphatic heterocycles. The molecule has 3 aromatic carbocycles. The zero-order valence-electron chi connectivity index (χ0n) is 18.8. The second kappa shape index (κ2) is 9.10. The predicted molar refractivity (Wildman–Crippen MR) is 131 cm³/mol. The molecular formula is C28H28FN3O. The van der Waals surface area contributed by atoms with Gasteiger partial charge < -0.3 is 14.4 Å². The molecule has 4 aromatic rings. The van der Waals surface area contributed by atoms with E-state index in [1.165, 1.54) is 22.5 Å². The van der Waals surface area contributed by atoms with Crippen LogP contribution in [0.4, 0.5) is 10.1 Å². The molecule has 0 bridgehead atoms. The van der Waals surface area contributed by atoms with Crippen LogP contribution in [-0.4, -0.2) is 41.6 Å². The number of anilines is 1. The number of halogens is 1. The van der Waals surface area contributed by atoms with E-state index in [1.54, 1.807) is 12.1 Å². The summed E-state index contributed by atoms with van der Waals surface area (Å²) in [6.07, 6.45) is 2.57. The fourth-order valence-corrected chi connectivity index (χ4v) is 4.95. The minimum absolute atomic E-state index is 0.0191. The molecule has 168 valence electrons. The number of para-hydroxylation sites is 2. The van der Waals surface area contributed by atoms with E-state index in [0.717, 1.165) is 5.56 Å². The van der Waals surface area contributed by atoms with Crippen molar-refractivity contribution in [3.8, 4) is 0 Å². The van der Waals surface area contributed by atoms with Crippen molar-refractivity contribution in [2.45, 2.75) is 12.3 Å². The van der Waals surface area contributed by atoms with Gasteiger partial charge >= 0.3 is 0 Å². The van der Waals surface area contributed by atoms with Gasteiger partial charge in [-0.25, -0.2) is 4.39 Å². The highest BCUT2D eigenvalue weighted by Crippen LogP contribution is 2.35. The summed E-state index contributed by atoms with van der Waals surface area (Å²) < 4.78 is 16.3. The van der Waals surface area contributed by atoms with Gasteiger partial charge in [0.2, 0.25) is 5.91 Å². The van der Waals surface area contributed by atoms with E-state index in [1.807, 2.05) is 40.1 Å². The smallest absolute Gasteiger partial charge is 0.223 e. The molecule has 5 heteroatoms. The summed E-state index contributed by atoms with van der Waals surface area (Å²) in [7, 11) is 2.05. The molecule has 4 nitrogen and oxygen atoms in total. The van der Waals surface area contributed by atoms with Crippen molar-refractivity contribution in [1.29, 1.82) is 0 Å². The van der Waals surface area contributed by atoms with Gasteiger partial charge in [-0.1, -0.05) is 60.7 Å². The van der Waals surface area contributed by atoms with Gasteiger partial charge in [0.15, 0.2) is 0 Å². The molecule has 1 aliphatic rings. The van der Waals surface area contributed by atoms with Gasteiger partial charge in [-0.3, -0.25) is 4.79 Å². The van der Waals surface area contributed by atoms with Gasteiger partial charge in [0.25, 0.3) is 0 Å². The molecule has 1 unspecified atom stereocenters. The van der Waals surface area contributed by atoms with Gasteiger partial charge in [0.1, 0.15) is 5.82 Å². The van der Waals surface area contributed by atoms with Crippen LogP contribution in [0.15, 0.2) is 85.1 Å². The third kappa shape index (κ3) is 4.23. The van der Waals surface area contributed by atoms with E-state index in [4.69, 9.17) is 0 Å². The molecule has 0 radical (unpaired) electrons. The predicted octanol–water partition coefficient (Wildman–Crippen LogP) is 5.19. The van der Waals surface area contributed by atoms with Crippen LogP contribution in [0.5, 0.6) is 0 Å². The standard InChI is InChI=1S/C28H28FN3O/c1-30-20-24(22-11-5-7-13-26(22)30)23(21-9-3-2-4-10-21)19-28(33)32-17-15-31(16-18-32)27-14-8-6-12-25(27)29/h2-14,20,23H,15-19H2,1H3. The van der Waals surface area contributed by atoms with Gasteiger partial charge in [-0.05, 0) is 29.3 Å². The van der Waals surface area contributed by atoms with Gasteiger partial charge in [0, 0.05) is 62.7 Å². The second-order valence-electron chi connectivity index (χ2n) is 8.70. The van der Waals surface area contributed by atoms with E-state index in [9.17, 15) is 9.18 Å². The summed E-state index contributed by atoms with van der Waals surface area (Å²) in [6, 6.07) is 25.5. The number of aromatic nitrogens is 1. The molecule has 2 heterocycles. The van der Waals surface area contributed by atoms with Crippen molar-refractivity contribution >= 4 is 22.5 Å². The number of hydrogen-bond donors (Lipinski definition) is 0. The third-order valence-corrected chi connectivity index (χ3v) is 6.71. The Hall–Kier alpha value is -3.60. The second-order valence-corrected chi connectivity index (χ2v) is 8.70. The van der Waals surface area contributed by atoms with Crippen molar-refractivity contribution in [1.82, 2.24) is 9.47 Å². The molecule has 1 fully saturated rings. The fourth-order valence-electron chi connectivity index (χ4n) is 4.95. The first kappa shape index (κ1) is 21.3. The van der Waals surface area contributed by atoms with Crippen molar-refractivity contribution in [2.75, 3.05) is 31.1 Å². The van der Waals surface area contributed by atoms with Crippen LogP contribution in [-0.2, 0) is 11.8 Å². The van der Waals surface area contributed by atoms with E-state index < -0.39 is 0 Å². The number of fused-ring (bicyclic) bond motifs is 1. The van der Waals surface area contributed by atoms with E-state index in [-0.39, 0.29) is 17.6 Å². The van der Waals surface area contributed by atoms with Gasteiger partial charge in [-0.15, -0.1) is 0 Å². The molecule has 1 atom stereocenters. The molecule has 1 saturated heterocycles. The Kier molecular flexibility index (Phi) is 5.86. The highest BCUT2D eigenvalue weighted by atomic mass is 19.1. The number of aryl methyl sites for hydroxylation is 1. The maximum Gasteiger partial charge on any atom is 0.223 e. The SMILES string of the molecule is Cn1cc(C(CC(=O)N2CCN(c3ccccc3F)CC2)c2ccccc2)c2ccccc21. The lowest BCUT2D eigenvalue weighted by Gasteiger charge is -2.36. The summed E-state index contributed by atoms with van der Waals surface area (Å²) in [5.74, 6) is -0.0863. The number of piperazine rings is 1. The Labute approximate surface area is 193 Å². The Morgan fingerprint density at radius 3 is 2.30 bits per heavy atom. The molecule has 0 N–H and O–H groups in total. The molecule has 0 aliphatic carbocycles. The van der Waals surface area contributed by atoms with E-state index in [0.29, 0.717) is 38.3 Å². The van der Waals surface area contributed by atoms with Crippen LogP contribution >= 0.6 is 0 Å². The molecule has 0 saturated carbocycles. The first-order valence-corrected chi connectivity index (χ1v) is 11.5. The number of rotatable bonds is 5. The third-order valence-electron chi connectivity index (χ3n) is 6.71. The topological polar surface area (TPSA) is 28.5 Å². The van der Waals surface area contributed by atoms with Crippen LogP contribution in [0, 0.1) is 5.82 Å². The maximum atomic E-state index is 14.2. The van der Waals surface area contributed by atoms with Crippen molar-refractivity contribution < 1.29 is 9.18 Å². The minimum atomic E-state index is -0.211. The highest BCUT2D eigenvalue weighted by molar-refractivity contribution is 5.86. The largest absolute Gasteiger partial charge is 0.366 e. The quantitative estimate of drug-likeness (QED) is 0.427.